The van der Waals surface area contributed by atoms with Gasteiger partial charge >= 0.3 is 5.87 Å². The number of hydrogen-bond donors (Lipinski definition) is 0. The van der Waals surface area contributed by atoms with Crippen molar-refractivity contribution in [3.05, 3.63) is 99.6 Å². The molecule has 0 aliphatic heterocycles. The van der Waals surface area contributed by atoms with E-state index in [4.69, 9.17) is 0 Å². The zero-order chi connectivity index (χ0) is 42.3. The summed E-state index contributed by atoms with van der Waals surface area (Å²) in [7, 11) is 0. The molecule has 0 fully saturated rings. The second kappa shape index (κ2) is 38.0. The first-order valence-electron chi connectivity index (χ1n) is 25.7. The Bertz CT molecular complexity index is 1430. The summed E-state index contributed by atoms with van der Waals surface area (Å²) in [5, 5.41) is 0. The number of aryl methyl sites for hydroxylation is 2. The standard InChI is InChI=1S/C57H92N2/c1-5-9-13-16-17-18-19-20-21-22-23-24-25-26-27-28-29-30-31-32-33-37-42-55(50-59-58)56(44-34-12-8-4)57(53-47-45-51(46-48-53)39-35-14-10-6-2)54-43-38-41-52(49-54)40-36-15-11-7-3/h37-38,41-43,45-49H,5-36,39-40,44H2,1-4H3. The number of nitrogens with zero attached hydrogens (tertiary/aromatic N) is 2. The first-order chi connectivity index (χ1) is 29.2. The molecular formula is C57H92N2. The summed E-state index contributed by atoms with van der Waals surface area (Å²) >= 11 is 0. The summed E-state index contributed by atoms with van der Waals surface area (Å²) in [4.78, 5) is 3.53. The van der Waals surface area contributed by atoms with E-state index in [1.54, 1.807) is 0 Å². The van der Waals surface area contributed by atoms with Crippen LogP contribution >= 0.6 is 0 Å². The minimum absolute atomic E-state index is 0.920. The van der Waals surface area contributed by atoms with Gasteiger partial charge in [0.1, 0.15) is 5.57 Å². The summed E-state index contributed by atoms with van der Waals surface area (Å²) in [5.74, 6) is 3.06. The summed E-state index contributed by atoms with van der Waals surface area (Å²) in [5.41, 5.74) is 18.7. The van der Waals surface area contributed by atoms with E-state index in [0.29, 0.717) is 0 Å². The van der Waals surface area contributed by atoms with Crippen molar-refractivity contribution in [2.75, 3.05) is 0 Å². The molecule has 0 atom stereocenters. The number of hydrogen-bond acceptors (Lipinski definition) is 0. The average Bonchev–Trinajstić information content (AvgIpc) is 3.25. The van der Waals surface area contributed by atoms with Gasteiger partial charge < -0.3 is 5.53 Å². The monoisotopic (exact) mass is 805 g/mol. The van der Waals surface area contributed by atoms with E-state index in [1.807, 2.05) is 0 Å². The lowest BCUT2D eigenvalue weighted by Gasteiger charge is -2.18. The van der Waals surface area contributed by atoms with Gasteiger partial charge in [-0.3, -0.25) is 0 Å². The Morgan fingerprint density at radius 3 is 1.41 bits per heavy atom. The number of allylic oxidation sites excluding steroid dienone is 4. The number of rotatable bonds is 39. The molecule has 2 heteroatoms. The van der Waals surface area contributed by atoms with E-state index < -0.39 is 0 Å². The molecule has 2 aromatic carbocycles. The van der Waals surface area contributed by atoms with E-state index in [9.17, 15) is 5.53 Å². The zero-order valence-electron chi connectivity index (χ0n) is 39.4. The topological polar surface area (TPSA) is 36.4 Å². The molecule has 2 nitrogen and oxygen atoms in total. The molecule has 59 heavy (non-hydrogen) atoms. The van der Waals surface area contributed by atoms with Crippen LogP contribution in [0.15, 0.2) is 71.8 Å². The minimum Gasteiger partial charge on any atom is -0.348 e. The molecule has 0 radical (unpaired) electrons. The van der Waals surface area contributed by atoms with Gasteiger partial charge in [0.25, 0.3) is 0 Å². The van der Waals surface area contributed by atoms with Gasteiger partial charge in [-0.05, 0) is 90.8 Å². The minimum atomic E-state index is 0.920. The highest BCUT2D eigenvalue weighted by atomic mass is 14.8. The van der Waals surface area contributed by atoms with Gasteiger partial charge in [0.15, 0.2) is 0 Å². The molecule has 0 bridgehead atoms. The fourth-order valence-electron chi connectivity index (χ4n) is 8.67. The summed E-state index contributed by atoms with van der Waals surface area (Å²) in [6.45, 7) is 9.14. The average molecular weight is 805 g/mol. The molecule has 0 aliphatic carbocycles. The summed E-state index contributed by atoms with van der Waals surface area (Å²) < 4.78 is 0. The second-order valence-electron chi connectivity index (χ2n) is 17.9. The third-order valence-electron chi connectivity index (χ3n) is 12.4. The second-order valence-corrected chi connectivity index (χ2v) is 17.9. The first-order valence-corrected chi connectivity index (χ1v) is 25.7. The molecule has 0 aliphatic rings. The molecule has 0 spiro atoms. The normalized spacial score (nSPS) is 11.9. The Hall–Kier alpha value is -2.92. The molecule has 0 saturated heterocycles. The van der Waals surface area contributed by atoms with Gasteiger partial charge in [-0.2, -0.15) is 0 Å². The Kier molecular flexibility index (Phi) is 33.7. The fraction of sp³-hybridized carbons (Fsp3) is 0.684. The van der Waals surface area contributed by atoms with Crippen molar-refractivity contribution in [3.63, 3.8) is 0 Å². The van der Waals surface area contributed by atoms with Crippen molar-refractivity contribution in [2.45, 2.75) is 252 Å². The fourth-order valence-corrected chi connectivity index (χ4v) is 8.67. The largest absolute Gasteiger partial charge is 0.348 e. The van der Waals surface area contributed by atoms with Crippen LogP contribution in [-0.4, -0.2) is 10.7 Å². The third kappa shape index (κ3) is 26.1. The van der Waals surface area contributed by atoms with Gasteiger partial charge in [-0.25, -0.2) is 0 Å². The predicted molar refractivity (Wildman–Crippen MR) is 263 cm³/mol. The molecule has 2 rings (SSSR count). The van der Waals surface area contributed by atoms with Crippen molar-refractivity contribution in [1.82, 2.24) is 0 Å². The highest BCUT2D eigenvalue weighted by molar-refractivity contribution is 5.88. The predicted octanol–water partition coefficient (Wildman–Crippen LogP) is 18.9. The smallest absolute Gasteiger partial charge is 0.307 e. The molecule has 0 unspecified atom stereocenters. The lowest BCUT2D eigenvalue weighted by Crippen LogP contribution is -2.01. The third-order valence-corrected chi connectivity index (χ3v) is 12.4. The van der Waals surface area contributed by atoms with E-state index in [0.717, 1.165) is 37.7 Å². The zero-order valence-corrected chi connectivity index (χ0v) is 39.4. The maximum atomic E-state index is 9.94. The molecule has 0 N–H and O–H groups in total. The van der Waals surface area contributed by atoms with Crippen LogP contribution in [-0.2, 0) is 12.8 Å². The number of unbranched alkanes of at least 4 members (excludes halogenated alkanes) is 28. The molecule has 0 amide bonds. The van der Waals surface area contributed by atoms with Crippen molar-refractivity contribution >= 4 is 11.4 Å². The van der Waals surface area contributed by atoms with E-state index >= 15 is 0 Å². The highest BCUT2D eigenvalue weighted by Crippen LogP contribution is 2.35. The lowest BCUT2D eigenvalue weighted by atomic mass is 9.85. The first kappa shape index (κ1) is 52.2. The Balaban J connectivity index is 1.98. The molecular weight excluding hydrogens is 713 g/mol. The highest BCUT2D eigenvalue weighted by Gasteiger charge is 2.17. The molecule has 0 aromatic heterocycles. The van der Waals surface area contributed by atoms with Gasteiger partial charge in [0.2, 0.25) is 0 Å². The Morgan fingerprint density at radius 1 is 0.475 bits per heavy atom. The van der Waals surface area contributed by atoms with Crippen LogP contribution in [0.5, 0.6) is 0 Å². The van der Waals surface area contributed by atoms with Crippen LogP contribution in [0, 0.1) is 0 Å². The van der Waals surface area contributed by atoms with Crippen molar-refractivity contribution in [1.29, 1.82) is 0 Å². The van der Waals surface area contributed by atoms with Crippen LogP contribution in [0.1, 0.15) is 262 Å². The van der Waals surface area contributed by atoms with Crippen LogP contribution in [0.3, 0.4) is 0 Å². The van der Waals surface area contributed by atoms with Crippen LogP contribution in [0.25, 0.3) is 11.1 Å². The summed E-state index contributed by atoms with van der Waals surface area (Å²) in [6, 6.07) is 18.6. The molecule has 0 heterocycles. The SMILES string of the molecule is CCCCCCCCCCCCCCCCCCCCCCC=CC(=C=[N+]=[N-])C(CCCCC)=C(c1ccc(CCCCCC)cc1)c1cccc(CCCCCC)c1. The quantitative estimate of drug-likeness (QED) is 0.0212. The van der Waals surface area contributed by atoms with Crippen molar-refractivity contribution in [3.8, 4) is 0 Å². The van der Waals surface area contributed by atoms with E-state index in [1.165, 1.54) is 226 Å². The molecule has 0 saturated carbocycles. The van der Waals surface area contributed by atoms with Gasteiger partial charge in [0, 0.05) is 0 Å². The Morgan fingerprint density at radius 2 is 0.915 bits per heavy atom. The maximum absolute atomic E-state index is 9.94. The van der Waals surface area contributed by atoms with Crippen molar-refractivity contribution < 1.29 is 4.79 Å². The van der Waals surface area contributed by atoms with Gasteiger partial charge in [0.05, 0.1) is 0 Å². The van der Waals surface area contributed by atoms with E-state index in [-0.39, 0.29) is 0 Å². The molecule has 2 aromatic rings. The maximum Gasteiger partial charge on any atom is 0.307 e. The van der Waals surface area contributed by atoms with Crippen LogP contribution in [0.2, 0.25) is 0 Å². The van der Waals surface area contributed by atoms with E-state index in [2.05, 4.69) is 99.0 Å². The number of benzene rings is 2. The van der Waals surface area contributed by atoms with Crippen LogP contribution in [0.4, 0.5) is 0 Å². The Labute approximate surface area is 366 Å². The van der Waals surface area contributed by atoms with Crippen LogP contribution < -0.4 is 0 Å². The van der Waals surface area contributed by atoms with Crippen molar-refractivity contribution in [2.24, 2.45) is 0 Å². The lowest BCUT2D eigenvalue weighted by molar-refractivity contribution is 0.00766. The molecule has 330 valence electrons. The van der Waals surface area contributed by atoms with Gasteiger partial charge in [-0.1, -0.05) is 256 Å². The summed E-state index contributed by atoms with van der Waals surface area (Å²) in [6.07, 6.45) is 50.6. The van der Waals surface area contributed by atoms with Gasteiger partial charge in [-0.15, -0.1) is 4.79 Å².